The number of methoxy groups -OCH3 is 1. The largest absolute Gasteiger partial charge is 0.493 e. The van der Waals surface area contributed by atoms with Crippen LogP contribution in [0.3, 0.4) is 0 Å². The van der Waals surface area contributed by atoms with E-state index in [0.717, 1.165) is 30.5 Å². The predicted octanol–water partition coefficient (Wildman–Crippen LogP) is 5.07. The molecule has 2 aliphatic rings. The summed E-state index contributed by atoms with van der Waals surface area (Å²) >= 11 is 0.846. The summed E-state index contributed by atoms with van der Waals surface area (Å²) in [4.78, 5) is 35.6. The molecule has 1 heterocycles. The Bertz CT molecular complexity index is 798. The Morgan fingerprint density at radius 1 is 1.17 bits per heavy atom. The molecule has 2 fully saturated rings. The van der Waals surface area contributed by atoms with Crippen LogP contribution in [0.5, 0.6) is 11.5 Å². The van der Waals surface area contributed by atoms with E-state index in [2.05, 4.69) is 5.32 Å². The zero-order valence-corrected chi connectivity index (χ0v) is 17.5. The first-order valence-corrected chi connectivity index (χ1v) is 11.0. The number of hydrogen-bond acceptors (Lipinski definition) is 6. The molecule has 0 radical (unpaired) electrons. The molecule has 7 heteroatoms. The summed E-state index contributed by atoms with van der Waals surface area (Å²) in [6, 6.07) is 5.06. The quantitative estimate of drug-likeness (QED) is 0.275. The number of thioether (sulfide) groups is 1. The molecular weight excluding hydrogens is 390 g/mol. The van der Waals surface area contributed by atoms with Gasteiger partial charge in [-0.25, -0.2) is 0 Å². The van der Waals surface area contributed by atoms with Crippen molar-refractivity contribution in [2.45, 2.75) is 57.8 Å². The third kappa shape index (κ3) is 6.35. The van der Waals surface area contributed by atoms with Crippen LogP contribution in [0.1, 0.15) is 63.4 Å². The van der Waals surface area contributed by atoms with Crippen LogP contribution < -0.4 is 14.8 Å². The fourth-order valence-corrected chi connectivity index (χ4v) is 4.47. The fraction of sp³-hybridized carbons (Fsp3) is 0.500. The van der Waals surface area contributed by atoms with E-state index in [1.54, 1.807) is 24.3 Å². The van der Waals surface area contributed by atoms with E-state index in [1.165, 1.54) is 45.6 Å². The van der Waals surface area contributed by atoms with Gasteiger partial charge in [0.25, 0.3) is 11.1 Å². The van der Waals surface area contributed by atoms with Crippen LogP contribution in [0.2, 0.25) is 0 Å². The number of ether oxygens (including phenoxy) is 2. The monoisotopic (exact) mass is 417 g/mol. The average Bonchev–Trinajstić information content (AvgIpc) is 3.03. The van der Waals surface area contributed by atoms with Crippen molar-refractivity contribution >= 4 is 35.0 Å². The lowest BCUT2D eigenvalue weighted by molar-refractivity contribution is -0.134. The van der Waals surface area contributed by atoms with E-state index in [-0.39, 0.29) is 5.97 Å². The number of unbranched alkanes of at least 4 members (excludes halogenated alkanes) is 1. The van der Waals surface area contributed by atoms with Crippen LogP contribution in [0.25, 0.3) is 6.08 Å². The number of nitrogens with one attached hydrogen (secondary N) is 1. The van der Waals surface area contributed by atoms with Gasteiger partial charge in [0, 0.05) is 6.42 Å². The summed E-state index contributed by atoms with van der Waals surface area (Å²) in [5, 5.41) is 1.82. The first kappa shape index (κ1) is 21.4. The van der Waals surface area contributed by atoms with Crippen molar-refractivity contribution < 1.29 is 23.9 Å². The topological polar surface area (TPSA) is 81.7 Å². The second-order valence-corrected chi connectivity index (χ2v) is 8.50. The number of carbonyl (C=O) groups excluding carboxylic acids is 3. The molecule has 0 aromatic heterocycles. The number of imide groups is 1. The molecule has 0 unspecified atom stereocenters. The first-order valence-electron chi connectivity index (χ1n) is 10.2. The van der Waals surface area contributed by atoms with E-state index in [9.17, 15) is 14.4 Å². The summed E-state index contributed by atoms with van der Waals surface area (Å²) in [7, 11) is 1.51. The molecule has 29 heavy (non-hydrogen) atoms. The van der Waals surface area contributed by atoms with Gasteiger partial charge in [-0.2, -0.15) is 0 Å². The second kappa shape index (κ2) is 10.5. The molecule has 2 amide bonds. The highest BCUT2D eigenvalue weighted by molar-refractivity contribution is 8.18. The Balaban J connectivity index is 1.54. The summed E-state index contributed by atoms with van der Waals surface area (Å²) < 4.78 is 10.8. The lowest BCUT2D eigenvalue weighted by atomic mass is 9.86. The molecular formula is C22H27NO5S. The molecule has 0 spiro atoms. The van der Waals surface area contributed by atoms with Gasteiger partial charge in [-0.3, -0.25) is 19.7 Å². The Labute approximate surface area is 175 Å². The molecule has 1 aliphatic carbocycles. The van der Waals surface area contributed by atoms with Crippen LogP contribution in [0.4, 0.5) is 4.79 Å². The molecule has 1 aromatic carbocycles. The molecule has 1 aromatic rings. The van der Waals surface area contributed by atoms with Gasteiger partial charge in [-0.15, -0.1) is 0 Å². The highest BCUT2D eigenvalue weighted by atomic mass is 32.2. The molecule has 1 aliphatic heterocycles. The normalized spacial score (nSPS) is 18.7. The Morgan fingerprint density at radius 2 is 1.97 bits per heavy atom. The lowest BCUT2D eigenvalue weighted by Crippen LogP contribution is -2.17. The second-order valence-electron chi connectivity index (χ2n) is 7.49. The molecule has 0 atom stereocenters. The van der Waals surface area contributed by atoms with Gasteiger partial charge in [0.2, 0.25) is 0 Å². The number of carbonyl (C=O) groups is 3. The smallest absolute Gasteiger partial charge is 0.311 e. The van der Waals surface area contributed by atoms with E-state index in [0.29, 0.717) is 28.4 Å². The fourth-order valence-electron chi connectivity index (χ4n) is 3.79. The van der Waals surface area contributed by atoms with Gasteiger partial charge < -0.3 is 9.47 Å². The van der Waals surface area contributed by atoms with Crippen LogP contribution in [-0.4, -0.2) is 24.2 Å². The standard InChI is InChI=1S/C22H27NO5S/c1-27-17-12-11-16(14-19-21(25)23-22(26)29-19)13-18(17)28-20(24)10-6-5-9-15-7-3-2-4-8-15/h11-15H,2-10H2,1H3,(H,23,25,26)/b19-14-. The Morgan fingerprint density at radius 3 is 2.66 bits per heavy atom. The average molecular weight is 418 g/mol. The van der Waals surface area contributed by atoms with Crippen LogP contribution in [-0.2, 0) is 9.59 Å². The molecule has 3 rings (SSSR count). The summed E-state index contributed by atoms with van der Waals surface area (Å²) in [5.74, 6) is 0.866. The molecule has 1 N–H and O–H groups in total. The Kier molecular flexibility index (Phi) is 7.75. The lowest BCUT2D eigenvalue weighted by Gasteiger charge is -2.21. The van der Waals surface area contributed by atoms with E-state index >= 15 is 0 Å². The van der Waals surface area contributed by atoms with Gasteiger partial charge in [0.1, 0.15) is 0 Å². The van der Waals surface area contributed by atoms with Gasteiger partial charge in [0.15, 0.2) is 11.5 Å². The maximum atomic E-state index is 12.3. The summed E-state index contributed by atoms with van der Waals surface area (Å²) in [6.07, 6.45) is 11.7. The van der Waals surface area contributed by atoms with E-state index in [1.807, 2.05) is 0 Å². The van der Waals surface area contributed by atoms with Crippen molar-refractivity contribution in [1.29, 1.82) is 0 Å². The third-order valence-electron chi connectivity index (χ3n) is 5.32. The van der Waals surface area contributed by atoms with Gasteiger partial charge in [-0.05, 0) is 47.9 Å². The molecule has 1 saturated carbocycles. The SMILES string of the molecule is COc1ccc(/C=C2\SC(=O)NC2=O)cc1OC(=O)CCCCC1CCCCC1. The van der Waals surface area contributed by atoms with Gasteiger partial charge in [0.05, 0.1) is 12.0 Å². The van der Waals surface area contributed by atoms with Crippen molar-refractivity contribution in [2.75, 3.05) is 7.11 Å². The number of benzene rings is 1. The predicted molar refractivity (Wildman–Crippen MR) is 113 cm³/mol. The van der Waals surface area contributed by atoms with Crippen LogP contribution in [0, 0.1) is 5.92 Å². The number of esters is 1. The van der Waals surface area contributed by atoms with Crippen molar-refractivity contribution in [3.05, 3.63) is 28.7 Å². The minimum Gasteiger partial charge on any atom is -0.493 e. The molecule has 6 nitrogen and oxygen atoms in total. The minimum absolute atomic E-state index is 0.292. The molecule has 1 saturated heterocycles. The molecule has 0 bridgehead atoms. The van der Waals surface area contributed by atoms with E-state index in [4.69, 9.17) is 9.47 Å². The first-order chi connectivity index (χ1) is 14.0. The van der Waals surface area contributed by atoms with Crippen molar-refractivity contribution in [2.24, 2.45) is 5.92 Å². The summed E-state index contributed by atoms with van der Waals surface area (Å²) in [5.41, 5.74) is 0.651. The highest BCUT2D eigenvalue weighted by Crippen LogP contribution is 2.32. The molecule has 156 valence electrons. The van der Waals surface area contributed by atoms with Crippen LogP contribution in [0.15, 0.2) is 23.1 Å². The van der Waals surface area contributed by atoms with Crippen LogP contribution >= 0.6 is 11.8 Å². The van der Waals surface area contributed by atoms with E-state index < -0.39 is 11.1 Å². The number of amides is 2. The maximum absolute atomic E-state index is 12.3. The third-order valence-corrected chi connectivity index (χ3v) is 6.13. The number of rotatable bonds is 8. The van der Waals surface area contributed by atoms with Crippen molar-refractivity contribution in [3.8, 4) is 11.5 Å². The number of hydrogen-bond donors (Lipinski definition) is 1. The van der Waals surface area contributed by atoms with Crippen molar-refractivity contribution in [1.82, 2.24) is 5.32 Å². The zero-order chi connectivity index (χ0) is 20.6. The highest BCUT2D eigenvalue weighted by Gasteiger charge is 2.25. The van der Waals surface area contributed by atoms with Crippen molar-refractivity contribution in [3.63, 3.8) is 0 Å². The zero-order valence-electron chi connectivity index (χ0n) is 16.7. The van der Waals surface area contributed by atoms with Gasteiger partial charge in [-0.1, -0.05) is 51.0 Å². The Hall–Kier alpha value is -2.28. The maximum Gasteiger partial charge on any atom is 0.311 e. The minimum atomic E-state index is -0.424. The van der Waals surface area contributed by atoms with Gasteiger partial charge >= 0.3 is 5.97 Å². The summed E-state index contributed by atoms with van der Waals surface area (Å²) in [6.45, 7) is 0.